The number of carbonyl (C=O) groups excluding carboxylic acids is 1. The zero-order chi connectivity index (χ0) is 22.4. The van der Waals surface area contributed by atoms with E-state index in [0.29, 0.717) is 12.8 Å². The number of halogens is 4. The lowest BCUT2D eigenvalue weighted by Crippen LogP contribution is -2.36. The highest BCUT2D eigenvalue weighted by Gasteiger charge is 2.35. The lowest BCUT2D eigenvalue weighted by atomic mass is 10.1. The number of ether oxygens (including phenoxy) is 1. The van der Waals surface area contributed by atoms with E-state index in [1.807, 2.05) is 0 Å². The van der Waals surface area contributed by atoms with Crippen molar-refractivity contribution in [3.05, 3.63) is 35.9 Å². The molecule has 1 aromatic rings. The van der Waals surface area contributed by atoms with Crippen molar-refractivity contribution >= 4 is 35.4 Å². The van der Waals surface area contributed by atoms with Gasteiger partial charge in [0.15, 0.2) is 23.3 Å². The van der Waals surface area contributed by atoms with E-state index < -0.39 is 58.5 Å². The molecule has 0 radical (unpaired) electrons. The van der Waals surface area contributed by atoms with E-state index in [2.05, 4.69) is 6.58 Å². The monoisotopic (exact) mass is 451 g/mol. The van der Waals surface area contributed by atoms with Gasteiger partial charge in [-0.1, -0.05) is 12.7 Å². The summed E-state index contributed by atoms with van der Waals surface area (Å²) < 4.78 is 64.1. The molecule has 1 atom stereocenters. The third-order valence-electron chi connectivity index (χ3n) is 4.28. The second-order valence-corrected chi connectivity index (χ2v) is 7.36. The summed E-state index contributed by atoms with van der Waals surface area (Å²) in [5.74, 6) is -8.90. The molecule has 0 aliphatic carbocycles. The molecule has 1 aromatic carbocycles. The predicted octanol–water partition coefficient (Wildman–Crippen LogP) is 3.42. The molecule has 1 saturated heterocycles. The molecule has 1 heterocycles. The Morgan fingerprint density at radius 3 is 2.23 bits per heavy atom. The number of piperidine rings is 1. The van der Waals surface area contributed by atoms with Crippen LogP contribution in [0.2, 0.25) is 0 Å². The van der Waals surface area contributed by atoms with Crippen LogP contribution in [0, 0.1) is 23.3 Å². The number of amides is 1. The van der Waals surface area contributed by atoms with Gasteiger partial charge in [-0.15, -0.1) is 0 Å². The quantitative estimate of drug-likeness (QED) is 0.271. The van der Waals surface area contributed by atoms with Crippen LogP contribution < -0.4 is 14.9 Å². The number of nitrogens with two attached hydrogens (primary N) is 1. The normalized spacial score (nSPS) is 14.9. The molecule has 0 saturated carbocycles. The smallest absolute Gasteiger partial charge is 0.425 e. The maximum Gasteiger partial charge on any atom is 0.425 e. The van der Waals surface area contributed by atoms with Crippen LogP contribution in [0.5, 0.6) is 0 Å². The summed E-state index contributed by atoms with van der Waals surface area (Å²) in [4.78, 5) is 24.4. The molecular weight excluding hydrogens is 430 g/mol. The number of carboxylic acid groups (broad SMARTS) is 1. The number of hydrogen-bond donors (Lipinski definition) is 2. The Labute approximate surface area is 174 Å². The second-order valence-electron chi connectivity index (χ2n) is 6.40. The van der Waals surface area contributed by atoms with Gasteiger partial charge in [0, 0.05) is 18.8 Å². The van der Waals surface area contributed by atoms with Crippen molar-refractivity contribution in [3.63, 3.8) is 0 Å². The first-order valence-electron chi connectivity index (χ1n) is 9.00. The Bertz CT molecular complexity index is 792. The number of aliphatic carboxylic acids is 1. The van der Waals surface area contributed by atoms with Gasteiger partial charge < -0.3 is 20.5 Å². The molecule has 1 aliphatic heterocycles. The molecule has 0 aromatic heterocycles. The minimum Gasteiger partial charge on any atom is -0.480 e. The number of carbonyl (C=O) groups is 2. The minimum absolute atomic E-state index is 0.211. The number of nitrogens with zero attached hydrogens (tertiary/aromatic N) is 2. The Kier molecular flexibility index (Phi) is 8.35. The summed E-state index contributed by atoms with van der Waals surface area (Å²) in [7, 11) is 0. The summed E-state index contributed by atoms with van der Waals surface area (Å²) in [5.41, 5.74) is 3.15. The molecule has 166 valence electrons. The highest BCUT2D eigenvalue weighted by atomic mass is 32.2. The average molecular weight is 451 g/mol. The highest BCUT2D eigenvalue weighted by Crippen LogP contribution is 2.39. The number of anilines is 2. The van der Waals surface area contributed by atoms with Gasteiger partial charge >= 0.3 is 12.1 Å². The SMILES string of the molecule is C=CCOC(=O)N(SC[C@H](N)C(=O)O)c1c(F)c(F)c(N2CCCCC2)c(F)c1F. The van der Waals surface area contributed by atoms with Crippen molar-refractivity contribution in [1.82, 2.24) is 0 Å². The second kappa shape index (κ2) is 10.5. The van der Waals surface area contributed by atoms with Gasteiger partial charge in [0.1, 0.15) is 24.0 Å². The summed E-state index contributed by atoms with van der Waals surface area (Å²) in [6.07, 6.45) is 1.82. The van der Waals surface area contributed by atoms with Gasteiger partial charge in [0.2, 0.25) is 0 Å². The van der Waals surface area contributed by atoms with E-state index in [-0.39, 0.29) is 35.9 Å². The molecule has 1 amide bonds. The molecule has 3 N–H and O–H groups in total. The van der Waals surface area contributed by atoms with Gasteiger partial charge in [-0.2, -0.15) is 0 Å². The van der Waals surface area contributed by atoms with Crippen LogP contribution in [-0.4, -0.2) is 48.7 Å². The molecule has 30 heavy (non-hydrogen) atoms. The van der Waals surface area contributed by atoms with Crippen LogP contribution in [0.3, 0.4) is 0 Å². The Morgan fingerprint density at radius 2 is 1.73 bits per heavy atom. The van der Waals surface area contributed by atoms with E-state index in [9.17, 15) is 27.2 Å². The Morgan fingerprint density at radius 1 is 1.17 bits per heavy atom. The first-order valence-corrected chi connectivity index (χ1v) is 9.94. The van der Waals surface area contributed by atoms with Crippen LogP contribution in [-0.2, 0) is 9.53 Å². The molecule has 1 fully saturated rings. The van der Waals surface area contributed by atoms with Crippen molar-refractivity contribution in [1.29, 1.82) is 0 Å². The largest absolute Gasteiger partial charge is 0.480 e. The first-order chi connectivity index (χ1) is 14.2. The molecule has 1 aliphatic rings. The third-order valence-corrected chi connectivity index (χ3v) is 5.38. The molecule has 0 unspecified atom stereocenters. The summed E-state index contributed by atoms with van der Waals surface area (Å²) in [6.45, 7) is 3.40. The van der Waals surface area contributed by atoms with E-state index in [1.54, 1.807) is 0 Å². The number of benzene rings is 1. The number of rotatable bonds is 8. The van der Waals surface area contributed by atoms with Gasteiger partial charge in [0.05, 0.1) is 0 Å². The Balaban J connectivity index is 2.49. The molecule has 7 nitrogen and oxygen atoms in total. The predicted molar refractivity (Wildman–Crippen MR) is 104 cm³/mol. The number of carboxylic acids is 1. The minimum atomic E-state index is -1.80. The molecule has 12 heteroatoms. The lowest BCUT2D eigenvalue weighted by Gasteiger charge is -2.30. The Hall–Kier alpha value is -2.47. The molecule has 0 spiro atoms. The fraction of sp³-hybridized carbons (Fsp3) is 0.444. The summed E-state index contributed by atoms with van der Waals surface area (Å²) in [6, 6.07) is -1.52. The fourth-order valence-electron chi connectivity index (χ4n) is 2.81. The van der Waals surface area contributed by atoms with Gasteiger partial charge in [-0.3, -0.25) is 4.79 Å². The van der Waals surface area contributed by atoms with Crippen LogP contribution in [0.15, 0.2) is 12.7 Å². The zero-order valence-corrected chi connectivity index (χ0v) is 16.7. The van der Waals surface area contributed by atoms with Crippen molar-refractivity contribution in [3.8, 4) is 0 Å². The maximum atomic E-state index is 14.8. The summed E-state index contributed by atoms with van der Waals surface area (Å²) in [5, 5.41) is 8.86. The van der Waals surface area contributed by atoms with Crippen LogP contribution in [0.1, 0.15) is 19.3 Å². The van der Waals surface area contributed by atoms with E-state index in [1.165, 1.54) is 4.90 Å². The van der Waals surface area contributed by atoms with Crippen molar-refractivity contribution in [2.75, 3.05) is 34.7 Å². The first kappa shape index (κ1) is 23.8. The summed E-state index contributed by atoms with van der Waals surface area (Å²) >= 11 is 0.249. The molecule has 0 bridgehead atoms. The molecule has 2 rings (SSSR count). The average Bonchev–Trinajstić information content (AvgIpc) is 2.73. The molecular formula is C18H21F4N3O4S. The third kappa shape index (κ3) is 5.17. The van der Waals surface area contributed by atoms with Crippen molar-refractivity contribution < 1.29 is 37.0 Å². The van der Waals surface area contributed by atoms with Gasteiger partial charge in [-0.25, -0.2) is 26.7 Å². The van der Waals surface area contributed by atoms with E-state index in [4.69, 9.17) is 15.6 Å². The standard InChI is InChI=1S/C18H21F4N3O4S/c1-2-8-29-18(28)25(30-9-10(23)17(26)27)16-13(21)11(19)15(12(20)14(16)22)24-6-4-3-5-7-24/h2,10H,1,3-9,23H2,(H,26,27)/t10-/m0/s1. The topological polar surface area (TPSA) is 96.1 Å². The maximum absolute atomic E-state index is 14.8. The number of hydrogen-bond acceptors (Lipinski definition) is 6. The van der Waals surface area contributed by atoms with Gasteiger partial charge in [0.25, 0.3) is 0 Å². The van der Waals surface area contributed by atoms with Crippen LogP contribution in [0.4, 0.5) is 33.7 Å². The van der Waals surface area contributed by atoms with Gasteiger partial charge in [-0.05, 0) is 31.2 Å². The van der Waals surface area contributed by atoms with Crippen LogP contribution in [0.25, 0.3) is 0 Å². The van der Waals surface area contributed by atoms with E-state index in [0.717, 1.165) is 12.5 Å². The van der Waals surface area contributed by atoms with E-state index >= 15 is 0 Å². The van der Waals surface area contributed by atoms with Crippen molar-refractivity contribution in [2.24, 2.45) is 5.73 Å². The lowest BCUT2D eigenvalue weighted by molar-refractivity contribution is -0.137. The van der Waals surface area contributed by atoms with Crippen molar-refractivity contribution in [2.45, 2.75) is 25.3 Å². The van der Waals surface area contributed by atoms with Crippen LogP contribution >= 0.6 is 11.9 Å². The highest BCUT2D eigenvalue weighted by molar-refractivity contribution is 8.01. The zero-order valence-electron chi connectivity index (χ0n) is 15.9. The fourth-order valence-corrected chi connectivity index (χ4v) is 3.71.